The molecular weight excluding hydrogens is 400 g/mol. The first-order valence-corrected chi connectivity index (χ1v) is 15.0. The minimum atomic E-state index is 0.571. The van der Waals surface area contributed by atoms with Crippen molar-refractivity contribution in [2.45, 2.75) is 136 Å². The third-order valence-electron chi connectivity index (χ3n) is 9.48. The SMILES string of the molecule is CCCCCCCc1ccc2c(c1)CCC(C1CCC3C[C@H](OCCCCC)CC[C@@H]3C1)C2. The molecule has 0 N–H and O–H groups in total. The van der Waals surface area contributed by atoms with Crippen LogP contribution in [0.25, 0.3) is 0 Å². The smallest absolute Gasteiger partial charge is 0.0578 e. The van der Waals surface area contributed by atoms with E-state index in [4.69, 9.17) is 4.74 Å². The average Bonchev–Trinajstić information content (AvgIpc) is 2.86. The summed E-state index contributed by atoms with van der Waals surface area (Å²) in [6.07, 6.45) is 25.4. The Kier molecular flexibility index (Phi) is 10.2. The van der Waals surface area contributed by atoms with Gasteiger partial charge < -0.3 is 4.74 Å². The third kappa shape index (κ3) is 7.33. The van der Waals surface area contributed by atoms with Gasteiger partial charge in [0.15, 0.2) is 0 Å². The van der Waals surface area contributed by atoms with E-state index in [0.29, 0.717) is 6.10 Å². The number of hydrogen-bond acceptors (Lipinski definition) is 1. The monoisotopic (exact) mass is 452 g/mol. The van der Waals surface area contributed by atoms with Gasteiger partial charge >= 0.3 is 0 Å². The highest BCUT2D eigenvalue weighted by Crippen LogP contribution is 2.47. The first-order chi connectivity index (χ1) is 16.3. The normalized spacial score (nSPS) is 29.5. The van der Waals surface area contributed by atoms with Crippen molar-refractivity contribution < 1.29 is 4.74 Å². The van der Waals surface area contributed by atoms with Crippen LogP contribution in [0.4, 0.5) is 0 Å². The van der Waals surface area contributed by atoms with Crippen LogP contribution < -0.4 is 0 Å². The summed E-state index contributed by atoms with van der Waals surface area (Å²) >= 11 is 0. The fourth-order valence-corrected chi connectivity index (χ4v) is 7.39. The molecule has 33 heavy (non-hydrogen) atoms. The zero-order chi connectivity index (χ0) is 22.9. The van der Waals surface area contributed by atoms with Gasteiger partial charge in [-0.05, 0) is 117 Å². The molecule has 186 valence electrons. The lowest BCUT2D eigenvalue weighted by Crippen LogP contribution is -2.37. The average molecular weight is 453 g/mol. The lowest BCUT2D eigenvalue weighted by Gasteiger charge is -2.45. The molecule has 3 aliphatic rings. The highest BCUT2D eigenvalue weighted by Gasteiger charge is 2.38. The molecule has 0 aromatic heterocycles. The van der Waals surface area contributed by atoms with Crippen LogP contribution in [0, 0.1) is 23.7 Å². The highest BCUT2D eigenvalue weighted by molar-refractivity contribution is 5.34. The molecule has 0 aliphatic heterocycles. The molecule has 5 atom stereocenters. The number of rotatable bonds is 12. The standard InChI is InChI=1S/C32H52O/c1-3-5-7-8-9-11-25-12-13-27-22-28(15-14-26(27)21-25)29-16-17-31-24-32(19-18-30(31)23-29)33-20-10-6-4-2/h12-13,21,28-32H,3-11,14-20,22-24H2,1-2H3/t28?,29?,30-,31?,32-/m1/s1. The fraction of sp³-hybridized carbons (Fsp3) is 0.812. The van der Waals surface area contributed by atoms with E-state index in [2.05, 4.69) is 32.0 Å². The van der Waals surface area contributed by atoms with Crippen molar-refractivity contribution in [2.75, 3.05) is 6.61 Å². The number of hydrogen-bond donors (Lipinski definition) is 0. The van der Waals surface area contributed by atoms with Gasteiger partial charge in [-0.2, -0.15) is 0 Å². The Balaban J connectivity index is 1.21. The second kappa shape index (κ2) is 13.3. The summed E-state index contributed by atoms with van der Waals surface area (Å²) in [5.41, 5.74) is 4.97. The summed E-state index contributed by atoms with van der Waals surface area (Å²) in [6.45, 7) is 5.58. The van der Waals surface area contributed by atoms with E-state index >= 15 is 0 Å². The largest absolute Gasteiger partial charge is 0.378 e. The van der Waals surface area contributed by atoms with E-state index < -0.39 is 0 Å². The second-order valence-corrected chi connectivity index (χ2v) is 11.9. The fourth-order valence-electron chi connectivity index (χ4n) is 7.39. The molecule has 1 nitrogen and oxygen atoms in total. The number of aryl methyl sites for hydroxylation is 2. The first-order valence-electron chi connectivity index (χ1n) is 15.0. The minimum Gasteiger partial charge on any atom is -0.378 e. The molecule has 3 unspecified atom stereocenters. The Morgan fingerprint density at radius 3 is 2.27 bits per heavy atom. The molecule has 2 fully saturated rings. The van der Waals surface area contributed by atoms with Crippen LogP contribution in [-0.4, -0.2) is 12.7 Å². The Hall–Kier alpha value is -0.820. The van der Waals surface area contributed by atoms with Crippen molar-refractivity contribution in [2.24, 2.45) is 23.7 Å². The molecule has 4 rings (SSSR count). The lowest BCUT2D eigenvalue weighted by molar-refractivity contribution is -0.0249. The van der Waals surface area contributed by atoms with Crippen LogP contribution in [0.2, 0.25) is 0 Å². The summed E-state index contributed by atoms with van der Waals surface area (Å²) in [5, 5.41) is 0. The predicted molar refractivity (Wildman–Crippen MR) is 142 cm³/mol. The first kappa shape index (κ1) is 25.3. The number of unbranched alkanes of at least 4 members (excludes halogenated alkanes) is 6. The molecule has 0 spiro atoms. The van der Waals surface area contributed by atoms with Crippen molar-refractivity contribution in [3.05, 3.63) is 34.9 Å². The molecule has 0 radical (unpaired) electrons. The summed E-state index contributed by atoms with van der Waals surface area (Å²) in [5.74, 6) is 3.89. The second-order valence-electron chi connectivity index (χ2n) is 11.9. The van der Waals surface area contributed by atoms with E-state index in [1.165, 1.54) is 116 Å². The van der Waals surface area contributed by atoms with Crippen molar-refractivity contribution in [3.63, 3.8) is 0 Å². The van der Waals surface area contributed by atoms with Gasteiger partial charge in [-0.3, -0.25) is 0 Å². The van der Waals surface area contributed by atoms with Gasteiger partial charge in [0.25, 0.3) is 0 Å². The molecule has 3 aliphatic carbocycles. The van der Waals surface area contributed by atoms with Gasteiger partial charge in [0.05, 0.1) is 6.10 Å². The zero-order valence-corrected chi connectivity index (χ0v) is 22.0. The minimum absolute atomic E-state index is 0.571. The molecule has 1 aromatic carbocycles. The molecule has 0 bridgehead atoms. The maximum Gasteiger partial charge on any atom is 0.0578 e. The van der Waals surface area contributed by atoms with Crippen LogP contribution in [0.5, 0.6) is 0 Å². The van der Waals surface area contributed by atoms with Crippen LogP contribution in [0.3, 0.4) is 0 Å². The van der Waals surface area contributed by atoms with E-state index in [9.17, 15) is 0 Å². The van der Waals surface area contributed by atoms with Crippen LogP contribution in [0.1, 0.15) is 127 Å². The molecule has 1 heteroatoms. The topological polar surface area (TPSA) is 9.23 Å². The molecule has 0 heterocycles. The number of ether oxygens (including phenoxy) is 1. The van der Waals surface area contributed by atoms with Gasteiger partial charge in [-0.15, -0.1) is 0 Å². The van der Waals surface area contributed by atoms with Crippen molar-refractivity contribution in [3.8, 4) is 0 Å². The van der Waals surface area contributed by atoms with Crippen molar-refractivity contribution >= 4 is 0 Å². The Bertz CT molecular complexity index is 694. The van der Waals surface area contributed by atoms with Gasteiger partial charge in [0, 0.05) is 6.61 Å². The third-order valence-corrected chi connectivity index (χ3v) is 9.48. The zero-order valence-electron chi connectivity index (χ0n) is 22.0. The maximum atomic E-state index is 6.27. The van der Waals surface area contributed by atoms with Crippen LogP contribution >= 0.6 is 0 Å². The van der Waals surface area contributed by atoms with Gasteiger partial charge in [-0.25, -0.2) is 0 Å². The number of fused-ring (bicyclic) bond motifs is 2. The van der Waals surface area contributed by atoms with Gasteiger partial charge in [0.1, 0.15) is 0 Å². The van der Waals surface area contributed by atoms with E-state index in [-0.39, 0.29) is 0 Å². The summed E-state index contributed by atoms with van der Waals surface area (Å²) in [6, 6.07) is 7.54. The van der Waals surface area contributed by atoms with E-state index in [1.807, 2.05) is 0 Å². The van der Waals surface area contributed by atoms with Crippen molar-refractivity contribution in [1.29, 1.82) is 0 Å². The van der Waals surface area contributed by atoms with Gasteiger partial charge in [0.2, 0.25) is 0 Å². The van der Waals surface area contributed by atoms with E-state index in [1.54, 1.807) is 16.7 Å². The summed E-state index contributed by atoms with van der Waals surface area (Å²) in [7, 11) is 0. The Labute approximate surface area is 205 Å². The molecule has 1 aromatic rings. The van der Waals surface area contributed by atoms with Crippen LogP contribution in [0.15, 0.2) is 18.2 Å². The van der Waals surface area contributed by atoms with Crippen LogP contribution in [-0.2, 0) is 24.0 Å². The molecule has 0 saturated heterocycles. The van der Waals surface area contributed by atoms with E-state index in [0.717, 1.165) is 30.3 Å². The molecule has 2 saturated carbocycles. The lowest BCUT2D eigenvalue weighted by atomic mass is 9.62. The van der Waals surface area contributed by atoms with Gasteiger partial charge in [-0.1, -0.05) is 70.6 Å². The molecule has 0 amide bonds. The summed E-state index contributed by atoms with van der Waals surface area (Å²) in [4.78, 5) is 0. The highest BCUT2D eigenvalue weighted by atomic mass is 16.5. The quantitative estimate of drug-likeness (QED) is 0.287. The predicted octanol–water partition coefficient (Wildman–Crippen LogP) is 9.10. The number of benzene rings is 1. The maximum absolute atomic E-state index is 6.27. The molecular formula is C32H52O. The van der Waals surface area contributed by atoms with Crippen molar-refractivity contribution in [1.82, 2.24) is 0 Å². The Morgan fingerprint density at radius 2 is 1.42 bits per heavy atom. The Morgan fingerprint density at radius 1 is 0.697 bits per heavy atom. The summed E-state index contributed by atoms with van der Waals surface area (Å²) < 4.78 is 6.27.